The molecule has 68 valence electrons. The monoisotopic (exact) mass is 167 g/mol. The lowest BCUT2D eigenvalue weighted by Crippen LogP contribution is -2.27. The molecule has 0 aliphatic heterocycles. The quantitative estimate of drug-likeness (QED) is 0.636. The van der Waals surface area contributed by atoms with Gasteiger partial charge >= 0.3 is 0 Å². The van der Waals surface area contributed by atoms with Crippen molar-refractivity contribution >= 4 is 5.91 Å². The van der Waals surface area contributed by atoms with Gasteiger partial charge in [0.2, 0.25) is 5.91 Å². The molecule has 0 heterocycles. The van der Waals surface area contributed by atoms with Crippen LogP contribution in [-0.2, 0) is 4.79 Å². The molecule has 0 saturated carbocycles. The van der Waals surface area contributed by atoms with E-state index in [1.807, 2.05) is 45.1 Å². The highest BCUT2D eigenvalue weighted by Crippen LogP contribution is 1.89. The van der Waals surface area contributed by atoms with Gasteiger partial charge in [-0.1, -0.05) is 38.2 Å². The molecule has 2 nitrogen and oxygen atoms in total. The van der Waals surface area contributed by atoms with Crippen LogP contribution in [0, 0.1) is 5.92 Å². The van der Waals surface area contributed by atoms with Crippen molar-refractivity contribution in [2.24, 2.45) is 5.92 Å². The molecule has 0 saturated heterocycles. The van der Waals surface area contributed by atoms with Gasteiger partial charge in [-0.2, -0.15) is 0 Å². The van der Waals surface area contributed by atoms with Gasteiger partial charge in [0.25, 0.3) is 0 Å². The smallest absolute Gasteiger partial charge is 0.222 e. The van der Waals surface area contributed by atoms with Crippen molar-refractivity contribution in [2.75, 3.05) is 6.54 Å². The Morgan fingerprint density at radius 2 is 2.08 bits per heavy atom. The number of amides is 1. The van der Waals surface area contributed by atoms with Crippen molar-refractivity contribution in [3.8, 4) is 0 Å². The number of rotatable bonds is 4. The summed E-state index contributed by atoms with van der Waals surface area (Å²) in [5.41, 5.74) is 0. The van der Waals surface area contributed by atoms with Crippen LogP contribution in [0.5, 0.6) is 0 Å². The SMILES string of the molecule is CC=CC=CCNC(=O)C(C)C. The zero-order valence-corrected chi connectivity index (χ0v) is 8.00. The second-order valence-corrected chi connectivity index (χ2v) is 2.85. The van der Waals surface area contributed by atoms with E-state index in [1.54, 1.807) is 0 Å². The van der Waals surface area contributed by atoms with Crippen LogP contribution >= 0.6 is 0 Å². The predicted molar refractivity (Wildman–Crippen MR) is 51.8 cm³/mol. The van der Waals surface area contributed by atoms with Gasteiger partial charge in [-0.25, -0.2) is 0 Å². The maximum absolute atomic E-state index is 11.0. The molecular formula is C10H17NO. The molecule has 0 rings (SSSR count). The fourth-order valence-corrected chi connectivity index (χ4v) is 0.621. The standard InChI is InChI=1S/C10H17NO/c1-4-5-6-7-8-11-10(12)9(2)3/h4-7,9H,8H2,1-3H3,(H,11,12). The summed E-state index contributed by atoms with van der Waals surface area (Å²) in [7, 11) is 0. The Balaban J connectivity index is 3.50. The summed E-state index contributed by atoms with van der Waals surface area (Å²) in [6.07, 6.45) is 7.71. The minimum Gasteiger partial charge on any atom is -0.352 e. The Morgan fingerprint density at radius 3 is 2.58 bits per heavy atom. The van der Waals surface area contributed by atoms with Crippen LogP contribution in [0.15, 0.2) is 24.3 Å². The molecule has 0 unspecified atom stereocenters. The first-order chi connectivity index (χ1) is 5.68. The van der Waals surface area contributed by atoms with E-state index in [-0.39, 0.29) is 11.8 Å². The highest BCUT2D eigenvalue weighted by Gasteiger charge is 2.02. The van der Waals surface area contributed by atoms with Gasteiger partial charge in [0, 0.05) is 12.5 Å². The van der Waals surface area contributed by atoms with Crippen LogP contribution in [0.25, 0.3) is 0 Å². The van der Waals surface area contributed by atoms with Crippen LogP contribution in [0.4, 0.5) is 0 Å². The van der Waals surface area contributed by atoms with E-state index in [0.717, 1.165) is 0 Å². The lowest BCUT2D eigenvalue weighted by Gasteiger charge is -2.03. The van der Waals surface area contributed by atoms with Crippen LogP contribution < -0.4 is 5.32 Å². The number of allylic oxidation sites excluding steroid dienone is 3. The lowest BCUT2D eigenvalue weighted by molar-refractivity contribution is -0.123. The number of carbonyl (C=O) groups is 1. The molecule has 1 N–H and O–H groups in total. The average Bonchev–Trinajstić information content (AvgIpc) is 2.03. The van der Waals surface area contributed by atoms with E-state index < -0.39 is 0 Å². The zero-order valence-electron chi connectivity index (χ0n) is 8.00. The number of nitrogens with one attached hydrogen (secondary N) is 1. The Morgan fingerprint density at radius 1 is 1.42 bits per heavy atom. The summed E-state index contributed by atoms with van der Waals surface area (Å²) in [5, 5.41) is 2.78. The maximum Gasteiger partial charge on any atom is 0.222 e. The first kappa shape index (κ1) is 11.0. The molecular weight excluding hydrogens is 150 g/mol. The Bertz CT molecular complexity index is 180. The Labute approximate surface area is 74.4 Å². The van der Waals surface area contributed by atoms with Gasteiger partial charge in [-0.15, -0.1) is 0 Å². The molecule has 0 fully saturated rings. The van der Waals surface area contributed by atoms with E-state index in [1.165, 1.54) is 0 Å². The molecule has 0 spiro atoms. The highest BCUT2D eigenvalue weighted by atomic mass is 16.1. The van der Waals surface area contributed by atoms with Crippen molar-refractivity contribution < 1.29 is 4.79 Å². The Hall–Kier alpha value is -1.05. The molecule has 0 atom stereocenters. The van der Waals surface area contributed by atoms with E-state index in [0.29, 0.717) is 6.54 Å². The van der Waals surface area contributed by atoms with Crippen LogP contribution in [0.3, 0.4) is 0 Å². The number of hydrogen-bond donors (Lipinski definition) is 1. The van der Waals surface area contributed by atoms with Crippen molar-refractivity contribution in [2.45, 2.75) is 20.8 Å². The normalized spacial score (nSPS) is 11.7. The summed E-state index contributed by atoms with van der Waals surface area (Å²) >= 11 is 0. The fourth-order valence-electron chi connectivity index (χ4n) is 0.621. The summed E-state index contributed by atoms with van der Waals surface area (Å²) in [6.45, 7) is 6.33. The number of hydrogen-bond acceptors (Lipinski definition) is 1. The predicted octanol–water partition coefficient (Wildman–Crippen LogP) is 1.89. The molecule has 0 aliphatic carbocycles. The van der Waals surface area contributed by atoms with Crippen LogP contribution in [0.2, 0.25) is 0 Å². The minimum absolute atomic E-state index is 0.0696. The van der Waals surface area contributed by atoms with Gasteiger partial charge in [-0.3, -0.25) is 4.79 Å². The molecule has 0 aromatic carbocycles. The molecule has 0 radical (unpaired) electrons. The first-order valence-corrected chi connectivity index (χ1v) is 4.24. The topological polar surface area (TPSA) is 29.1 Å². The molecule has 0 aliphatic rings. The summed E-state index contributed by atoms with van der Waals surface area (Å²) < 4.78 is 0. The Kier molecular flexibility index (Phi) is 6.07. The van der Waals surface area contributed by atoms with Crippen molar-refractivity contribution in [3.05, 3.63) is 24.3 Å². The molecule has 0 aromatic rings. The molecule has 0 aromatic heterocycles. The zero-order chi connectivity index (χ0) is 9.40. The maximum atomic E-state index is 11.0. The van der Waals surface area contributed by atoms with Crippen molar-refractivity contribution in [1.29, 1.82) is 0 Å². The van der Waals surface area contributed by atoms with Crippen molar-refractivity contribution in [1.82, 2.24) is 5.32 Å². The van der Waals surface area contributed by atoms with E-state index >= 15 is 0 Å². The van der Waals surface area contributed by atoms with Gasteiger partial charge in [0.15, 0.2) is 0 Å². The largest absolute Gasteiger partial charge is 0.352 e. The highest BCUT2D eigenvalue weighted by molar-refractivity contribution is 5.77. The fraction of sp³-hybridized carbons (Fsp3) is 0.500. The summed E-state index contributed by atoms with van der Waals surface area (Å²) in [4.78, 5) is 11.0. The third-order valence-corrected chi connectivity index (χ3v) is 1.36. The second kappa shape index (κ2) is 6.65. The summed E-state index contributed by atoms with van der Waals surface area (Å²) in [5.74, 6) is 0.167. The molecule has 2 heteroatoms. The summed E-state index contributed by atoms with van der Waals surface area (Å²) in [6, 6.07) is 0. The van der Waals surface area contributed by atoms with E-state index in [9.17, 15) is 4.79 Å². The molecule has 12 heavy (non-hydrogen) atoms. The van der Waals surface area contributed by atoms with E-state index in [2.05, 4.69) is 5.32 Å². The molecule has 0 bridgehead atoms. The average molecular weight is 167 g/mol. The van der Waals surface area contributed by atoms with Gasteiger partial charge in [-0.05, 0) is 6.92 Å². The minimum atomic E-state index is 0.0696. The third-order valence-electron chi connectivity index (χ3n) is 1.36. The van der Waals surface area contributed by atoms with E-state index in [4.69, 9.17) is 0 Å². The van der Waals surface area contributed by atoms with Crippen LogP contribution in [0.1, 0.15) is 20.8 Å². The van der Waals surface area contributed by atoms with Crippen LogP contribution in [-0.4, -0.2) is 12.5 Å². The van der Waals surface area contributed by atoms with Gasteiger partial charge < -0.3 is 5.32 Å². The lowest BCUT2D eigenvalue weighted by atomic mass is 10.2. The second-order valence-electron chi connectivity index (χ2n) is 2.85. The molecule has 1 amide bonds. The first-order valence-electron chi connectivity index (χ1n) is 4.24. The van der Waals surface area contributed by atoms with Gasteiger partial charge in [0.05, 0.1) is 0 Å². The van der Waals surface area contributed by atoms with Gasteiger partial charge in [0.1, 0.15) is 0 Å². The third kappa shape index (κ3) is 5.71. The number of carbonyl (C=O) groups excluding carboxylic acids is 1. The van der Waals surface area contributed by atoms with Crippen molar-refractivity contribution in [3.63, 3.8) is 0 Å².